The summed E-state index contributed by atoms with van der Waals surface area (Å²) in [4.78, 5) is 15.6. The zero-order valence-corrected chi connectivity index (χ0v) is 15.8. The lowest BCUT2D eigenvalue weighted by Crippen LogP contribution is -2.32. The maximum absolute atomic E-state index is 12.7. The lowest BCUT2D eigenvalue weighted by Gasteiger charge is -2.21. The SMILES string of the molecule is C=CCN(Cc1ccc(C#N)cc1)C(=O)CSc1ccc2ccccc2c1. The Morgan fingerprint density at radius 1 is 1.07 bits per heavy atom. The molecule has 0 saturated carbocycles. The lowest BCUT2D eigenvalue weighted by molar-refractivity contribution is -0.128. The Morgan fingerprint density at radius 2 is 1.81 bits per heavy atom. The number of rotatable bonds is 7. The largest absolute Gasteiger partial charge is 0.334 e. The first kappa shape index (κ1) is 18.8. The van der Waals surface area contributed by atoms with Crippen molar-refractivity contribution >= 4 is 28.4 Å². The molecule has 3 rings (SSSR count). The summed E-state index contributed by atoms with van der Waals surface area (Å²) in [5.41, 5.74) is 1.62. The Kier molecular flexibility index (Phi) is 6.30. The molecular formula is C23H20N2OS. The van der Waals surface area contributed by atoms with Gasteiger partial charge < -0.3 is 4.90 Å². The van der Waals surface area contributed by atoms with E-state index in [1.807, 2.05) is 24.3 Å². The molecule has 0 radical (unpaired) electrons. The van der Waals surface area contributed by atoms with Crippen LogP contribution in [0.1, 0.15) is 11.1 Å². The molecule has 3 aromatic rings. The standard InChI is InChI=1S/C23H20N2OS/c1-2-13-25(16-19-9-7-18(15-24)8-10-19)23(26)17-27-22-12-11-20-5-3-4-6-21(20)14-22/h2-12,14H,1,13,16-17H2. The Morgan fingerprint density at radius 3 is 2.52 bits per heavy atom. The second-order valence-corrected chi connectivity index (χ2v) is 7.22. The van der Waals surface area contributed by atoms with Crippen molar-refractivity contribution in [3.05, 3.63) is 90.5 Å². The summed E-state index contributed by atoms with van der Waals surface area (Å²) in [6, 6.07) is 23.9. The molecule has 4 heteroatoms. The minimum absolute atomic E-state index is 0.0671. The van der Waals surface area contributed by atoms with Gasteiger partial charge in [0.05, 0.1) is 17.4 Å². The normalized spacial score (nSPS) is 10.3. The van der Waals surface area contributed by atoms with Crippen LogP contribution < -0.4 is 0 Å². The molecule has 3 nitrogen and oxygen atoms in total. The van der Waals surface area contributed by atoms with Crippen molar-refractivity contribution < 1.29 is 4.79 Å². The molecule has 3 aromatic carbocycles. The van der Waals surface area contributed by atoms with E-state index >= 15 is 0 Å². The van der Waals surface area contributed by atoms with E-state index in [0.29, 0.717) is 24.4 Å². The van der Waals surface area contributed by atoms with Crippen LogP contribution in [-0.4, -0.2) is 23.1 Å². The highest BCUT2D eigenvalue weighted by molar-refractivity contribution is 8.00. The highest BCUT2D eigenvalue weighted by Gasteiger charge is 2.13. The van der Waals surface area contributed by atoms with Crippen molar-refractivity contribution in [3.63, 3.8) is 0 Å². The quantitative estimate of drug-likeness (QED) is 0.432. The van der Waals surface area contributed by atoms with E-state index in [1.54, 1.807) is 34.9 Å². The number of carbonyl (C=O) groups is 1. The van der Waals surface area contributed by atoms with Gasteiger partial charge in [-0.1, -0.05) is 48.5 Å². The smallest absolute Gasteiger partial charge is 0.233 e. The zero-order chi connectivity index (χ0) is 19.1. The van der Waals surface area contributed by atoms with Crippen LogP contribution in [-0.2, 0) is 11.3 Å². The minimum atomic E-state index is 0.0671. The fourth-order valence-electron chi connectivity index (χ4n) is 2.81. The predicted molar refractivity (Wildman–Crippen MR) is 111 cm³/mol. The van der Waals surface area contributed by atoms with Crippen molar-refractivity contribution in [2.75, 3.05) is 12.3 Å². The Balaban J connectivity index is 1.64. The van der Waals surface area contributed by atoms with Gasteiger partial charge in [0, 0.05) is 18.0 Å². The summed E-state index contributed by atoms with van der Waals surface area (Å²) in [6.07, 6.45) is 1.74. The maximum Gasteiger partial charge on any atom is 0.233 e. The van der Waals surface area contributed by atoms with Crippen LogP contribution in [0, 0.1) is 11.3 Å². The average Bonchev–Trinajstić information content (AvgIpc) is 2.72. The number of nitriles is 1. The molecule has 0 aromatic heterocycles. The average molecular weight is 372 g/mol. The molecule has 1 amide bonds. The van der Waals surface area contributed by atoms with E-state index < -0.39 is 0 Å². The van der Waals surface area contributed by atoms with E-state index in [1.165, 1.54) is 10.8 Å². The number of thioether (sulfide) groups is 1. The fraction of sp³-hybridized carbons (Fsp3) is 0.130. The first-order valence-corrected chi connectivity index (χ1v) is 9.67. The van der Waals surface area contributed by atoms with Gasteiger partial charge in [-0.2, -0.15) is 5.26 Å². The second kappa shape index (κ2) is 9.07. The van der Waals surface area contributed by atoms with Gasteiger partial charge in [-0.3, -0.25) is 4.79 Å². The van der Waals surface area contributed by atoms with Gasteiger partial charge in [0.2, 0.25) is 5.91 Å². The monoisotopic (exact) mass is 372 g/mol. The molecule has 0 unspecified atom stereocenters. The van der Waals surface area contributed by atoms with Crippen LogP contribution in [0.5, 0.6) is 0 Å². The highest BCUT2D eigenvalue weighted by atomic mass is 32.2. The van der Waals surface area contributed by atoms with Gasteiger partial charge in [0.15, 0.2) is 0 Å². The van der Waals surface area contributed by atoms with Crippen LogP contribution >= 0.6 is 11.8 Å². The summed E-state index contributed by atoms with van der Waals surface area (Å²) >= 11 is 1.55. The number of benzene rings is 3. The number of nitrogens with zero attached hydrogens (tertiary/aromatic N) is 2. The van der Waals surface area contributed by atoms with Crippen LogP contribution in [0.15, 0.2) is 84.3 Å². The molecule has 0 bridgehead atoms. The molecule has 0 heterocycles. The molecule has 0 spiro atoms. The molecule has 134 valence electrons. The molecular weight excluding hydrogens is 352 g/mol. The third-order valence-corrected chi connectivity index (χ3v) is 5.22. The van der Waals surface area contributed by atoms with Crippen LogP contribution in [0.3, 0.4) is 0 Å². The van der Waals surface area contributed by atoms with Gasteiger partial charge in [0.1, 0.15) is 0 Å². The topological polar surface area (TPSA) is 44.1 Å². The number of fused-ring (bicyclic) bond motifs is 1. The third-order valence-electron chi connectivity index (χ3n) is 4.24. The van der Waals surface area contributed by atoms with E-state index in [9.17, 15) is 4.79 Å². The minimum Gasteiger partial charge on any atom is -0.334 e. The number of hydrogen-bond donors (Lipinski definition) is 0. The first-order valence-electron chi connectivity index (χ1n) is 8.69. The summed E-state index contributed by atoms with van der Waals surface area (Å²) in [6.45, 7) is 4.77. The van der Waals surface area contributed by atoms with Crippen molar-refractivity contribution in [2.24, 2.45) is 0 Å². The number of carbonyl (C=O) groups excluding carboxylic acids is 1. The molecule has 0 atom stereocenters. The van der Waals surface area contributed by atoms with Crippen LogP contribution in [0.25, 0.3) is 10.8 Å². The Bertz CT molecular complexity index is 989. The second-order valence-electron chi connectivity index (χ2n) is 6.17. The summed E-state index contributed by atoms with van der Waals surface area (Å²) in [5.74, 6) is 0.444. The van der Waals surface area contributed by atoms with E-state index in [2.05, 4.69) is 43.0 Å². The third kappa shape index (κ3) is 4.99. The zero-order valence-electron chi connectivity index (χ0n) is 15.0. The van der Waals surface area contributed by atoms with Crippen LogP contribution in [0.4, 0.5) is 0 Å². The van der Waals surface area contributed by atoms with E-state index in [0.717, 1.165) is 10.5 Å². The van der Waals surface area contributed by atoms with Gasteiger partial charge in [0.25, 0.3) is 0 Å². The fourth-order valence-corrected chi connectivity index (χ4v) is 3.66. The molecule has 27 heavy (non-hydrogen) atoms. The molecule has 0 aliphatic rings. The Hall–Kier alpha value is -3.03. The Labute approximate surface area is 163 Å². The van der Waals surface area contributed by atoms with Gasteiger partial charge >= 0.3 is 0 Å². The first-order chi connectivity index (χ1) is 13.2. The van der Waals surface area contributed by atoms with E-state index in [4.69, 9.17) is 5.26 Å². The van der Waals surface area contributed by atoms with Crippen molar-refractivity contribution in [2.45, 2.75) is 11.4 Å². The van der Waals surface area contributed by atoms with Gasteiger partial charge in [-0.15, -0.1) is 18.3 Å². The van der Waals surface area contributed by atoms with Gasteiger partial charge in [-0.05, 0) is 40.6 Å². The molecule has 0 N–H and O–H groups in total. The van der Waals surface area contributed by atoms with Gasteiger partial charge in [-0.25, -0.2) is 0 Å². The van der Waals surface area contributed by atoms with Crippen molar-refractivity contribution in [1.82, 2.24) is 4.90 Å². The van der Waals surface area contributed by atoms with E-state index in [-0.39, 0.29) is 5.91 Å². The van der Waals surface area contributed by atoms with Crippen molar-refractivity contribution in [3.8, 4) is 6.07 Å². The molecule has 0 fully saturated rings. The molecule has 0 aliphatic heterocycles. The summed E-state index contributed by atoms with van der Waals surface area (Å²) in [5, 5.41) is 11.3. The van der Waals surface area contributed by atoms with Crippen molar-refractivity contribution in [1.29, 1.82) is 5.26 Å². The predicted octanol–water partition coefficient (Wildman–Crippen LogP) is 5.02. The van der Waals surface area contributed by atoms with Crippen LogP contribution in [0.2, 0.25) is 0 Å². The summed E-state index contributed by atoms with van der Waals surface area (Å²) in [7, 11) is 0. The molecule has 0 aliphatic carbocycles. The summed E-state index contributed by atoms with van der Waals surface area (Å²) < 4.78 is 0. The maximum atomic E-state index is 12.7. The molecule has 0 saturated heterocycles. The highest BCUT2D eigenvalue weighted by Crippen LogP contribution is 2.24. The number of hydrogen-bond acceptors (Lipinski definition) is 3. The number of amides is 1. The lowest BCUT2D eigenvalue weighted by atomic mass is 10.1.